The first-order valence-electron chi connectivity index (χ1n) is 9.09. The monoisotopic (exact) mass is 363 g/mol. The van der Waals surface area contributed by atoms with Crippen molar-refractivity contribution in [2.24, 2.45) is 0 Å². The number of unbranched alkanes of at least 4 members (excludes halogenated alkanes) is 1. The average Bonchev–Trinajstić information content (AvgIpc) is 2.68. The zero-order chi connectivity index (χ0) is 19.1. The van der Waals surface area contributed by atoms with Gasteiger partial charge in [-0.1, -0.05) is 31.0 Å². The van der Waals surface area contributed by atoms with Gasteiger partial charge in [0.15, 0.2) is 11.6 Å². The van der Waals surface area contributed by atoms with E-state index in [1.165, 1.54) is 11.9 Å². The molecule has 0 aliphatic rings. The van der Waals surface area contributed by atoms with Crippen LogP contribution in [-0.2, 0) is 0 Å². The number of benzene rings is 2. The largest absolute Gasteiger partial charge is 0.494 e. The molecule has 0 spiro atoms. The van der Waals surface area contributed by atoms with E-state index < -0.39 is 0 Å². The highest BCUT2D eigenvalue weighted by Gasteiger charge is 2.09. The lowest BCUT2D eigenvalue weighted by Crippen LogP contribution is -2.05. The van der Waals surface area contributed by atoms with Crippen molar-refractivity contribution in [2.75, 3.05) is 23.0 Å². The van der Waals surface area contributed by atoms with Crippen LogP contribution in [-0.4, -0.2) is 16.6 Å². The maximum atomic E-state index is 6.25. The standard InChI is InChI=1S/C21H25N5O/c1-3-4-13-27-18-11-9-17(10-12-18)26-21-19(22)20(23-14-24-21)25-16-7-5-15(2)6-8-16/h5-12,14H,3-4,13,22H2,1-2H3,(H2,23,24,25,26). The van der Waals surface area contributed by atoms with Gasteiger partial charge in [-0.2, -0.15) is 0 Å². The summed E-state index contributed by atoms with van der Waals surface area (Å²) in [7, 11) is 0. The Kier molecular flexibility index (Phi) is 6.10. The van der Waals surface area contributed by atoms with Crippen molar-refractivity contribution in [3.8, 4) is 5.75 Å². The zero-order valence-electron chi connectivity index (χ0n) is 15.7. The van der Waals surface area contributed by atoms with E-state index in [-0.39, 0.29) is 0 Å². The number of aryl methyl sites for hydroxylation is 1. The first-order valence-corrected chi connectivity index (χ1v) is 9.09. The molecule has 0 aliphatic heterocycles. The van der Waals surface area contributed by atoms with Crippen LogP contribution in [0.1, 0.15) is 25.3 Å². The SMILES string of the molecule is CCCCOc1ccc(Nc2ncnc(Nc3ccc(C)cc3)c2N)cc1. The van der Waals surface area contributed by atoms with E-state index in [1.54, 1.807) is 0 Å². The number of hydrogen-bond donors (Lipinski definition) is 3. The zero-order valence-corrected chi connectivity index (χ0v) is 15.7. The lowest BCUT2D eigenvalue weighted by atomic mass is 10.2. The van der Waals surface area contributed by atoms with E-state index in [0.717, 1.165) is 36.6 Å². The highest BCUT2D eigenvalue weighted by Crippen LogP contribution is 2.28. The van der Waals surface area contributed by atoms with E-state index >= 15 is 0 Å². The Balaban J connectivity index is 1.69. The average molecular weight is 363 g/mol. The van der Waals surface area contributed by atoms with Crippen LogP contribution in [0, 0.1) is 6.92 Å². The van der Waals surface area contributed by atoms with Gasteiger partial charge < -0.3 is 21.1 Å². The minimum atomic E-state index is 0.460. The quantitative estimate of drug-likeness (QED) is 0.487. The first kappa shape index (κ1) is 18.5. The van der Waals surface area contributed by atoms with Gasteiger partial charge in [0, 0.05) is 11.4 Å². The van der Waals surface area contributed by atoms with Crippen molar-refractivity contribution >= 4 is 28.7 Å². The van der Waals surface area contributed by atoms with E-state index in [1.807, 2.05) is 55.5 Å². The Morgan fingerprint density at radius 2 is 1.44 bits per heavy atom. The number of rotatable bonds is 8. The van der Waals surface area contributed by atoms with Gasteiger partial charge >= 0.3 is 0 Å². The van der Waals surface area contributed by atoms with Crippen LogP contribution < -0.4 is 21.1 Å². The smallest absolute Gasteiger partial charge is 0.159 e. The van der Waals surface area contributed by atoms with E-state index in [2.05, 4.69) is 27.5 Å². The predicted octanol–water partition coefficient (Wildman–Crippen LogP) is 5.03. The number of ether oxygens (including phenoxy) is 1. The lowest BCUT2D eigenvalue weighted by Gasteiger charge is -2.13. The summed E-state index contributed by atoms with van der Waals surface area (Å²) in [6.07, 6.45) is 3.65. The van der Waals surface area contributed by atoms with Crippen molar-refractivity contribution in [1.29, 1.82) is 0 Å². The topological polar surface area (TPSA) is 85.1 Å². The molecule has 1 aromatic heterocycles. The summed E-state index contributed by atoms with van der Waals surface area (Å²) in [6.45, 7) is 4.92. The molecular formula is C21H25N5O. The first-order chi connectivity index (χ1) is 13.2. The minimum absolute atomic E-state index is 0.460. The van der Waals surface area contributed by atoms with Gasteiger partial charge in [-0.05, 0) is 49.7 Å². The van der Waals surface area contributed by atoms with Gasteiger partial charge in [-0.3, -0.25) is 0 Å². The molecule has 0 amide bonds. The summed E-state index contributed by atoms with van der Waals surface area (Å²) in [5.41, 5.74) is 9.70. The summed E-state index contributed by atoms with van der Waals surface area (Å²) in [4.78, 5) is 8.50. The third kappa shape index (κ3) is 5.10. The van der Waals surface area contributed by atoms with Gasteiger partial charge in [0.05, 0.1) is 6.61 Å². The molecule has 0 unspecified atom stereocenters. The normalized spacial score (nSPS) is 10.4. The molecule has 3 rings (SSSR count). The molecule has 6 nitrogen and oxygen atoms in total. The van der Waals surface area contributed by atoms with Crippen LogP contribution in [0.25, 0.3) is 0 Å². The Hall–Kier alpha value is -3.28. The van der Waals surface area contributed by atoms with Crippen LogP contribution in [0.15, 0.2) is 54.9 Å². The van der Waals surface area contributed by atoms with Crippen LogP contribution in [0.5, 0.6) is 5.75 Å². The molecule has 27 heavy (non-hydrogen) atoms. The summed E-state index contributed by atoms with van der Waals surface area (Å²) in [5.74, 6) is 1.97. The van der Waals surface area contributed by atoms with Crippen molar-refractivity contribution in [2.45, 2.75) is 26.7 Å². The molecule has 0 radical (unpaired) electrons. The molecule has 1 heterocycles. The number of aromatic nitrogens is 2. The summed E-state index contributed by atoms with van der Waals surface area (Å²) in [5, 5.41) is 6.46. The number of nitrogens with one attached hydrogen (secondary N) is 2. The van der Waals surface area contributed by atoms with Crippen LogP contribution in [0.2, 0.25) is 0 Å². The Morgan fingerprint density at radius 1 is 0.889 bits per heavy atom. The van der Waals surface area contributed by atoms with Gasteiger partial charge in [0.2, 0.25) is 0 Å². The molecule has 0 fully saturated rings. The number of nitrogens with two attached hydrogens (primary N) is 1. The highest BCUT2D eigenvalue weighted by molar-refractivity contribution is 5.80. The van der Waals surface area contributed by atoms with Crippen LogP contribution in [0.4, 0.5) is 28.7 Å². The summed E-state index contributed by atoms with van der Waals surface area (Å²) in [6, 6.07) is 15.8. The van der Waals surface area contributed by atoms with Gasteiger partial charge in [0.25, 0.3) is 0 Å². The van der Waals surface area contributed by atoms with Crippen LogP contribution >= 0.6 is 0 Å². The number of nitrogens with zero attached hydrogens (tertiary/aromatic N) is 2. The molecule has 0 bridgehead atoms. The van der Waals surface area contributed by atoms with Crippen molar-refractivity contribution in [3.05, 3.63) is 60.4 Å². The predicted molar refractivity (Wildman–Crippen MR) is 111 cm³/mol. The maximum Gasteiger partial charge on any atom is 0.159 e. The fraction of sp³-hybridized carbons (Fsp3) is 0.238. The maximum absolute atomic E-state index is 6.25. The van der Waals surface area contributed by atoms with Gasteiger partial charge in [-0.25, -0.2) is 9.97 Å². The summed E-state index contributed by atoms with van der Waals surface area (Å²) >= 11 is 0. The fourth-order valence-electron chi connectivity index (χ4n) is 2.47. The van der Waals surface area contributed by atoms with Crippen molar-refractivity contribution < 1.29 is 4.74 Å². The Labute approximate surface area is 159 Å². The second-order valence-electron chi connectivity index (χ2n) is 6.33. The third-order valence-corrected chi connectivity index (χ3v) is 4.08. The number of hydrogen-bond acceptors (Lipinski definition) is 6. The Morgan fingerprint density at radius 3 is 2.00 bits per heavy atom. The molecule has 0 saturated heterocycles. The van der Waals surface area contributed by atoms with Crippen LogP contribution in [0.3, 0.4) is 0 Å². The lowest BCUT2D eigenvalue weighted by molar-refractivity contribution is 0.309. The van der Waals surface area contributed by atoms with Gasteiger partial charge in [0.1, 0.15) is 17.8 Å². The highest BCUT2D eigenvalue weighted by atomic mass is 16.5. The third-order valence-electron chi connectivity index (χ3n) is 4.08. The molecule has 0 atom stereocenters. The molecule has 6 heteroatoms. The van der Waals surface area contributed by atoms with E-state index in [9.17, 15) is 0 Å². The minimum Gasteiger partial charge on any atom is -0.494 e. The molecule has 3 aromatic rings. The van der Waals surface area contributed by atoms with E-state index in [4.69, 9.17) is 10.5 Å². The second-order valence-corrected chi connectivity index (χ2v) is 6.33. The molecular weight excluding hydrogens is 338 g/mol. The summed E-state index contributed by atoms with van der Waals surface area (Å²) < 4.78 is 5.68. The number of anilines is 5. The molecule has 4 N–H and O–H groups in total. The Bertz CT molecular complexity index is 863. The molecule has 0 saturated carbocycles. The number of nitrogen functional groups attached to an aromatic ring is 1. The van der Waals surface area contributed by atoms with E-state index in [0.29, 0.717) is 17.3 Å². The van der Waals surface area contributed by atoms with Gasteiger partial charge in [-0.15, -0.1) is 0 Å². The van der Waals surface area contributed by atoms with Crippen molar-refractivity contribution in [3.63, 3.8) is 0 Å². The molecule has 140 valence electrons. The fourth-order valence-corrected chi connectivity index (χ4v) is 2.47. The molecule has 2 aromatic carbocycles. The molecule has 0 aliphatic carbocycles. The second kappa shape index (κ2) is 8.89. The van der Waals surface area contributed by atoms with Crippen molar-refractivity contribution in [1.82, 2.24) is 9.97 Å².